The van der Waals surface area contributed by atoms with E-state index in [1.54, 1.807) is 9.25 Å². The Hall–Kier alpha value is -2.13. The minimum atomic E-state index is -0.147. The van der Waals surface area contributed by atoms with Crippen molar-refractivity contribution in [1.29, 1.82) is 0 Å². The van der Waals surface area contributed by atoms with E-state index in [1.165, 1.54) is 23.1 Å². The van der Waals surface area contributed by atoms with Crippen LogP contribution < -0.4 is 10.9 Å². The van der Waals surface area contributed by atoms with E-state index in [4.69, 9.17) is 0 Å². The van der Waals surface area contributed by atoms with Crippen molar-refractivity contribution < 1.29 is 4.79 Å². The van der Waals surface area contributed by atoms with Gasteiger partial charge in [-0.05, 0) is 32.2 Å². The number of thioether (sulfide) groups is 1. The normalized spacial score (nSPS) is 11.2. The van der Waals surface area contributed by atoms with Crippen LogP contribution in [0.15, 0.2) is 21.4 Å². The van der Waals surface area contributed by atoms with Gasteiger partial charge in [-0.15, -0.1) is 11.3 Å². The third kappa shape index (κ3) is 3.34. The lowest BCUT2D eigenvalue weighted by Gasteiger charge is -2.10. The van der Waals surface area contributed by atoms with Crippen LogP contribution >= 0.6 is 23.1 Å². The predicted molar refractivity (Wildman–Crippen MR) is 102 cm³/mol. The van der Waals surface area contributed by atoms with Gasteiger partial charge in [0.2, 0.25) is 5.91 Å². The minimum absolute atomic E-state index is 0.0515. The molecule has 132 valence electrons. The number of aryl methyl sites for hydroxylation is 2. The van der Waals surface area contributed by atoms with Gasteiger partial charge in [0, 0.05) is 13.6 Å². The summed E-state index contributed by atoms with van der Waals surface area (Å²) in [6, 6.07) is 1.83. The van der Waals surface area contributed by atoms with Gasteiger partial charge in [-0.1, -0.05) is 11.8 Å². The lowest BCUT2D eigenvalue weighted by Crippen LogP contribution is -2.22. The Labute approximate surface area is 153 Å². The first-order chi connectivity index (χ1) is 11.9. The standard InChI is InChI=1S/C16H19N5O2S2/c1-5-21-15(23)14-11(6-7-24-14)17-16(21)25-8-12(22)18-13-9(2)19-20(4)10(13)3/h6-7H,5,8H2,1-4H3,(H,18,22). The summed E-state index contributed by atoms with van der Waals surface area (Å²) in [4.78, 5) is 29.3. The van der Waals surface area contributed by atoms with Crippen LogP contribution in [0.1, 0.15) is 18.3 Å². The summed E-state index contributed by atoms with van der Waals surface area (Å²) >= 11 is 2.66. The number of hydrogen-bond acceptors (Lipinski definition) is 6. The summed E-state index contributed by atoms with van der Waals surface area (Å²) in [5.41, 5.74) is 3.05. The Kier molecular flexibility index (Phi) is 4.96. The molecule has 3 rings (SSSR count). The molecule has 0 aliphatic rings. The highest BCUT2D eigenvalue weighted by Crippen LogP contribution is 2.22. The fourth-order valence-electron chi connectivity index (χ4n) is 2.57. The molecule has 0 atom stereocenters. The smallest absolute Gasteiger partial charge is 0.272 e. The first-order valence-electron chi connectivity index (χ1n) is 7.83. The molecule has 3 heterocycles. The van der Waals surface area contributed by atoms with E-state index in [9.17, 15) is 9.59 Å². The first kappa shape index (κ1) is 17.7. The summed E-state index contributed by atoms with van der Waals surface area (Å²) < 4.78 is 3.99. The number of anilines is 1. The van der Waals surface area contributed by atoms with Gasteiger partial charge < -0.3 is 5.32 Å². The number of nitrogens with one attached hydrogen (secondary N) is 1. The van der Waals surface area contributed by atoms with Crippen LogP contribution in [-0.2, 0) is 18.4 Å². The third-order valence-corrected chi connectivity index (χ3v) is 5.82. The molecule has 0 aliphatic heterocycles. The predicted octanol–water partition coefficient (Wildman–Crippen LogP) is 2.56. The minimum Gasteiger partial charge on any atom is -0.322 e. The lowest BCUT2D eigenvalue weighted by atomic mass is 10.3. The maximum absolute atomic E-state index is 12.5. The van der Waals surface area contributed by atoms with Crippen molar-refractivity contribution in [2.75, 3.05) is 11.1 Å². The molecule has 0 radical (unpaired) electrons. The van der Waals surface area contributed by atoms with Crippen molar-refractivity contribution in [3.8, 4) is 0 Å². The molecule has 0 bridgehead atoms. The van der Waals surface area contributed by atoms with Gasteiger partial charge in [0.25, 0.3) is 5.56 Å². The zero-order chi connectivity index (χ0) is 18.1. The zero-order valence-electron chi connectivity index (χ0n) is 14.5. The van der Waals surface area contributed by atoms with E-state index in [0.29, 0.717) is 21.9 Å². The first-order valence-corrected chi connectivity index (χ1v) is 9.69. The monoisotopic (exact) mass is 377 g/mol. The van der Waals surface area contributed by atoms with Crippen LogP contribution in [0.2, 0.25) is 0 Å². The van der Waals surface area contributed by atoms with Crippen LogP contribution in [0.3, 0.4) is 0 Å². The summed E-state index contributed by atoms with van der Waals surface area (Å²) in [6.07, 6.45) is 0. The average Bonchev–Trinajstić information content (AvgIpc) is 3.13. The van der Waals surface area contributed by atoms with Crippen LogP contribution in [0.25, 0.3) is 10.2 Å². The Morgan fingerprint density at radius 3 is 2.80 bits per heavy atom. The number of fused-ring (bicyclic) bond motifs is 1. The van der Waals surface area contributed by atoms with Crippen LogP contribution in [-0.4, -0.2) is 31.0 Å². The van der Waals surface area contributed by atoms with E-state index in [2.05, 4.69) is 15.4 Å². The number of hydrogen-bond donors (Lipinski definition) is 1. The van der Waals surface area contributed by atoms with Gasteiger partial charge in [-0.2, -0.15) is 5.10 Å². The molecule has 0 unspecified atom stereocenters. The van der Waals surface area contributed by atoms with Gasteiger partial charge >= 0.3 is 0 Å². The van der Waals surface area contributed by atoms with Gasteiger partial charge in [0.15, 0.2) is 5.16 Å². The summed E-state index contributed by atoms with van der Waals surface area (Å²) in [6.45, 7) is 6.18. The third-order valence-electron chi connectivity index (χ3n) is 3.95. The Balaban J connectivity index is 1.78. The topological polar surface area (TPSA) is 81.8 Å². The molecule has 9 heteroatoms. The van der Waals surface area contributed by atoms with Gasteiger partial charge in [0.1, 0.15) is 4.70 Å². The van der Waals surface area contributed by atoms with Crippen molar-refractivity contribution in [1.82, 2.24) is 19.3 Å². The Morgan fingerprint density at radius 2 is 2.16 bits per heavy atom. The fraction of sp³-hybridized carbons (Fsp3) is 0.375. The van der Waals surface area contributed by atoms with Gasteiger partial charge in [-0.3, -0.25) is 18.8 Å². The van der Waals surface area contributed by atoms with E-state index in [0.717, 1.165) is 17.1 Å². The highest BCUT2D eigenvalue weighted by Gasteiger charge is 2.15. The maximum atomic E-state index is 12.5. The maximum Gasteiger partial charge on any atom is 0.272 e. The number of carbonyl (C=O) groups excluding carboxylic acids is 1. The van der Waals surface area contributed by atoms with E-state index in [1.807, 2.05) is 39.3 Å². The molecule has 1 N–H and O–H groups in total. The van der Waals surface area contributed by atoms with Crippen molar-refractivity contribution in [2.45, 2.75) is 32.5 Å². The van der Waals surface area contributed by atoms with E-state index in [-0.39, 0.29) is 17.2 Å². The van der Waals surface area contributed by atoms with Crippen LogP contribution in [0.4, 0.5) is 5.69 Å². The molecule has 1 amide bonds. The van der Waals surface area contributed by atoms with Crippen molar-refractivity contribution in [3.63, 3.8) is 0 Å². The number of amides is 1. The molecule has 0 spiro atoms. The molecule has 0 saturated heterocycles. The lowest BCUT2D eigenvalue weighted by molar-refractivity contribution is -0.113. The van der Waals surface area contributed by atoms with E-state index >= 15 is 0 Å². The number of thiophene rings is 1. The van der Waals surface area contributed by atoms with Gasteiger partial charge in [0.05, 0.1) is 28.3 Å². The SMILES string of the molecule is CCn1c(SCC(=O)Nc2c(C)nn(C)c2C)nc2ccsc2c1=O. The van der Waals surface area contributed by atoms with Crippen molar-refractivity contribution >= 4 is 44.9 Å². The second kappa shape index (κ2) is 7.01. The van der Waals surface area contributed by atoms with Gasteiger partial charge in [-0.25, -0.2) is 4.98 Å². The molecule has 0 fully saturated rings. The fourth-order valence-corrected chi connectivity index (χ4v) is 4.21. The molecule has 25 heavy (non-hydrogen) atoms. The largest absolute Gasteiger partial charge is 0.322 e. The molecule has 0 aromatic carbocycles. The summed E-state index contributed by atoms with van der Waals surface area (Å²) in [5, 5.41) is 9.60. The Morgan fingerprint density at radius 1 is 1.40 bits per heavy atom. The molecule has 7 nitrogen and oxygen atoms in total. The second-order valence-corrected chi connectivity index (χ2v) is 7.44. The number of aromatic nitrogens is 4. The highest BCUT2D eigenvalue weighted by atomic mass is 32.2. The molecule has 0 aliphatic carbocycles. The number of rotatable bonds is 5. The molecular weight excluding hydrogens is 358 g/mol. The quantitative estimate of drug-likeness (QED) is 0.546. The molecule has 0 saturated carbocycles. The number of carbonyl (C=O) groups is 1. The summed E-state index contributed by atoms with van der Waals surface area (Å²) in [5.74, 6) is 0.0297. The molecule has 3 aromatic heterocycles. The van der Waals surface area contributed by atoms with Crippen molar-refractivity contribution in [2.24, 2.45) is 7.05 Å². The Bertz CT molecular complexity index is 1000. The zero-order valence-corrected chi connectivity index (χ0v) is 16.1. The van der Waals surface area contributed by atoms with Crippen LogP contribution in [0.5, 0.6) is 0 Å². The van der Waals surface area contributed by atoms with Crippen LogP contribution in [0, 0.1) is 13.8 Å². The molecular formula is C16H19N5O2S2. The molecule has 3 aromatic rings. The highest BCUT2D eigenvalue weighted by molar-refractivity contribution is 7.99. The number of nitrogens with zero attached hydrogens (tertiary/aromatic N) is 4. The summed E-state index contributed by atoms with van der Waals surface area (Å²) in [7, 11) is 1.84. The van der Waals surface area contributed by atoms with Crippen molar-refractivity contribution in [3.05, 3.63) is 33.2 Å². The van der Waals surface area contributed by atoms with E-state index < -0.39 is 0 Å². The average molecular weight is 377 g/mol. The second-order valence-electron chi connectivity index (χ2n) is 5.59.